The molecule has 0 unspecified atom stereocenters. The number of carbonyl (C=O) groups is 2. The number of halogens is 1. The van der Waals surface area contributed by atoms with Crippen molar-refractivity contribution in [1.29, 1.82) is 0 Å². The molecular formula is C17H21ClN2O2. The van der Waals surface area contributed by atoms with Crippen molar-refractivity contribution in [3.8, 4) is 0 Å². The molecule has 0 aliphatic carbocycles. The average Bonchev–Trinajstić information content (AvgIpc) is 2.53. The minimum Gasteiger partial charge on any atom is -0.338 e. The number of nitrogens with zero attached hydrogens (tertiary/aromatic N) is 2. The molecule has 2 fully saturated rings. The lowest BCUT2D eigenvalue weighted by Gasteiger charge is -2.50. The summed E-state index contributed by atoms with van der Waals surface area (Å²) in [5, 5.41) is 0.629. The normalized spacial score (nSPS) is 25.6. The molecule has 0 radical (unpaired) electrons. The van der Waals surface area contributed by atoms with Crippen molar-refractivity contribution in [2.75, 3.05) is 20.1 Å². The Hall–Kier alpha value is -1.55. The predicted octanol–water partition coefficient (Wildman–Crippen LogP) is 2.96. The smallest absolute Gasteiger partial charge is 0.253 e. The Morgan fingerprint density at radius 2 is 1.86 bits per heavy atom. The van der Waals surface area contributed by atoms with Gasteiger partial charge in [-0.2, -0.15) is 0 Å². The van der Waals surface area contributed by atoms with Gasteiger partial charge in [-0.15, -0.1) is 0 Å². The van der Waals surface area contributed by atoms with Crippen LogP contribution in [0.25, 0.3) is 0 Å². The van der Waals surface area contributed by atoms with Crippen LogP contribution in [0.3, 0.4) is 0 Å². The highest BCUT2D eigenvalue weighted by molar-refractivity contribution is 6.30. The number of carbonyl (C=O) groups excluding carboxylic acids is 2. The number of hydrogen-bond donors (Lipinski definition) is 0. The quantitative estimate of drug-likeness (QED) is 0.798. The molecule has 2 aliphatic rings. The van der Waals surface area contributed by atoms with Gasteiger partial charge in [0, 0.05) is 37.1 Å². The van der Waals surface area contributed by atoms with Gasteiger partial charge < -0.3 is 9.80 Å². The van der Waals surface area contributed by atoms with Gasteiger partial charge in [-0.25, -0.2) is 0 Å². The maximum atomic E-state index is 12.7. The fraction of sp³-hybridized carbons (Fsp3) is 0.529. The van der Waals surface area contributed by atoms with Gasteiger partial charge in [-0.3, -0.25) is 9.59 Å². The number of amides is 2. The minimum absolute atomic E-state index is 0.0298. The number of piperidine rings is 2. The van der Waals surface area contributed by atoms with Crippen molar-refractivity contribution in [2.24, 2.45) is 0 Å². The van der Waals surface area contributed by atoms with Gasteiger partial charge in [-0.1, -0.05) is 11.6 Å². The molecule has 22 heavy (non-hydrogen) atoms. The molecule has 2 aliphatic heterocycles. The van der Waals surface area contributed by atoms with E-state index in [1.165, 1.54) is 0 Å². The van der Waals surface area contributed by atoms with Crippen LogP contribution in [0.4, 0.5) is 0 Å². The molecule has 5 heteroatoms. The summed E-state index contributed by atoms with van der Waals surface area (Å²) in [6.45, 7) is 1.39. The molecule has 0 aromatic heterocycles. The van der Waals surface area contributed by atoms with Crippen LogP contribution in [0.1, 0.15) is 42.5 Å². The van der Waals surface area contributed by atoms with Crippen molar-refractivity contribution in [2.45, 2.75) is 37.6 Å². The van der Waals surface area contributed by atoms with Crippen LogP contribution < -0.4 is 0 Å². The van der Waals surface area contributed by atoms with Crippen LogP contribution in [0, 0.1) is 0 Å². The summed E-state index contributed by atoms with van der Waals surface area (Å²) in [6.07, 6.45) is 4.46. The number of likely N-dealkylation sites (tertiary alicyclic amines) is 2. The Labute approximate surface area is 136 Å². The van der Waals surface area contributed by atoms with Crippen molar-refractivity contribution >= 4 is 23.4 Å². The molecule has 118 valence electrons. The predicted molar refractivity (Wildman–Crippen MR) is 85.9 cm³/mol. The molecule has 2 saturated heterocycles. The van der Waals surface area contributed by atoms with E-state index >= 15 is 0 Å². The van der Waals surface area contributed by atoms with E-state index in [0.29, 0.717) is 23.6 Å². The zero-order chi connectivity index (χ0) is 15.7. The second-order valence-corrected chi connectivity index (χ2v) is 6.80. The number of rotatable bonds is 1. The lowest BCUT2D eigenvalue weighted by molar-refractivity contribution is -0.142. The highest BCUT2D eigenvalue weighted by Crippen LogP contribution is 2.36. The summed E-state index contributed by atoms with van der Waals surface area (Å²) in [4.78, 5) is 28.5. The summed E-state index contributed by atoms with van der Waals surface area (Å²) in [7, 11) is 1.89. The van der Waals surface area contributed by atoms with Crippen LogP contribution in [0.2, 0.25) is 5.02 Å². The first kappa shape index (κ1) is 15.3. The summed E-state index contributed by atoms with van der Waals surface area (Å²) in [5.74, 6) is 0.231. The number of benzene rings is 1. The highest BCUT2D eigenvalue weighted by Gasteiger charge is 2.44. The van der Waals surface area contributed by atoms with Crippen molar-refractivity contribution in [3.05, 3.63) is 34.9 Å². The molecule has 0 saturated carbocycles. The summed E-state index contributed by atoms with van der Waals surface area (Å²) >= 11 is 5.88. The van der Waals surface area contributed by atoms with E-state index < -0.39 is 0 Å². The largest absolute Gasteiger partial charge is 0.338 e. The van der Waals surface area contributed by atoms with Gasteiger partial charge in [0.25, 0.3) is 5.91 Å². The molecule has 0 N–H and O–H groups in total. The van der Waals surface area contributed by atoms with Crippen LogP contribution in [-0.4, -0.2) is 47.3 Å². The van der Waals surface area contributed by atoms with Crippen molar-refractivity contribution in [3.63, 3.8) is 0 Å². The molecule has 0 bridgehead atoms. The topological polar surface area (TPSA) is 40.6 Å². The van der Waals surface area contributed by atoms with Gasteiger partial charge in [0.1, 0.15) is 0 Å². The van der Waals surface area contributed by atoms with Gasteiger partial charge in [0.15, 0.2) is 0 Å². The second kappa shape index (κ2) is 5.92. The Morgan fingerprint density at radius 3 is 2.59 bits per heavy atom. The number of hydrogen-bond acceptors (Lipinski definition) is 2. The van der Waals surface area contributed by atoms with E-state index in [1.54, 1.807) is 24.3 Å². The molecule has 1 atom stereocenters. The second-order valence-electron chi connectivity index (χ2n) is 6.37. The van der Waals surface area contributed by atoms with Crippen LogP contribution in [0.5, 0.6) is 0 Å². The maximum absolute atomic E-state index is 12.7. The monoisotopic (exact) mass is 320 g/mol. The zero-order valence-electron chi connectivity index (χ0n) is 12.8. The van der Waals surface area contributed by atoms with Crippen molar-refractivity contribution in [1.82, 2.24) is 9.80 Å². The summed E-state index contributed by atoms with van der Waals surface area (Å²) in [5.41, 5.74) is 0.488. The van der Waals surface area contributed by atoms with Gasteiger partial charge in [0.2, 0.25) is 5.91 Å². The van der Waals surface area contributed by atoms with E-state index in [9.17, 15) is 9.59 Å². The zero-order valence-corrected chi connectivity index (χ0v) is 13.6. The third kappa shape index (κ3) is 2.72. The first-order valence-corrected chi connectivity index (χ1v) is 8.21. The lowest BCUT2D eigenvalue weighted by atomic mass is 9.80. The lowest BCUT2D eigenvalue weighted by Crippen LogP contribution is -2.61. The first-order chi connectivity index (χ1) is 10.5. The van der Waals surface area contributed by atoms with Gasteiger partial charge in [-0.05, 0) is 49.9 Å². The Bertz CT molecular complexity index is 583. The fourth-order valence-electron chi connectivity index (χ4n) is 3.71. The third-order valence-corrected chi connectivity index (χ3v) is 5.30. The van der Waals surface area contributed by atoms with E-state index in [0.717, 1.165) is 32.2 Å². The minimum atomic E-state index is -0.171. The maximum Gasteiger partial charge on any atom is 0.253 e. The Kier molecular flexibility index (Phi) is 4.13. The Morgan fingerprint density at radius 1 is 1.18 bits per heavy atom. The van der Waals surface area contributed by atoms with Crippen LogP contribution in [-0.2, 0) is 4.79 Å². The van der Waals surface area contributed by atoms with Crippen molar-refractivity contribution < 1.29 is 9.59 Å². The molecule has 2 heterocycles. The molecule has 3 rings (SSSR count). The Balaban J connectivity index is 1.79. The van der Waals surface area contributed by atoms with E-state index in [1.807, 2.05) is 16.8 Å². The van der Waals surface area contributed by atoms with Crippen LogP contribution >= 0.6 is 11.6 Å². The van der Waals surface area contributed by atoms with E-state index in [4.69, 9.17) is 11.6 Å². The summed E-state index contributed by atoms with van der Waals surface area (Å²) in [6, 6.07) is 7.01. The van der Waals surface area contributed by atoms with E-state index in [-0.39, 0.29) is 17.4 Å². The van der Waals surface area contributed by atoms with Gasteiger partial charge in [0.05, 0.1) is 5.54 Å². The molecule has 1 aromatic carbocycles. The fourth-order valence-corrected chi connectivity index (χ4v) is 3.83. The molecule has 4 nitrogen and oxygen atoms in total. The first-order valence-electron chi connectivity index (χ1n) is 7.83. The van der Waals surface area contributed by atoms with E-state index in [2.05, 4.69) is 0 Å². The summed E-state index contributed by atoms with van der Waals surface area (Å²) < 4.78 is 0. The number of likely N-dealkylation sites (N-methyl/N-ethyl adjacent to an activating group) is 1. The molecule has 1 aromatic rings. The standard InChI is InChI=1S/C17H21ClN2O2/c1-19-15(21)4-2-9-17(19)10-3-11-20(12-17)16(22)13-5-7-14(18)8-6-13/h5-8H,2-4,9-12H2,1H3/t17-/m0/s1. The SMILES string of the molecule is CN1C(=O)CCC[C@@]12CCCN(C(=O)c1ccc(Cl)cc1)C2. The molecule has 1 spiro atoms. The third-order valence-electron chi connectivity index (χ3n) is 5.05. The van der Waals surface area contributed by atoms with Gasteiger partial charge >= 0.3 is 0 Å². The van der Waals surface area contributed by atoms with Crippen LogP contribution in [0.15, 0.2) is 24.3 Å². The molecule has 2 amide bonds. The molecular weight excluding hydrogens is 300 g/mol. The highest BCUT2D eigenvalue weighted by atomic mass is 35.5. The average molecular weight is 321 g/mol.